The molecule has 2 aromatic carbocycles. The average Bonchev–Trinajstić information content (AvgIpc) is 3.30. The van der Waals surface area contributed by atoms with Crippen LogP contribution in [0.15, 0.2) is 66.5 Å². The molecular formula is C28H29BClN3O4. The number of amides is 1. The maximum absolute atomic E-state index is 12.8. The fourth-order valence-corrected chi connectivity index (χ4v) is 4.79. The van der Waals surface area contributed by atoms with Gasteiger partial charge < -0.3 is 19.4 Å². The van der Waals surface area contributed by atoms with Gasteiger partial charge in [-0.2, -0.15) is 0 Å². The Morgan fingerprint density at radius 2 is 1.65 bits per heavy atom. The summed E-state index contributed by atoms with van der Waals surface area (Å²) in [5, 5.41) is 3.15. The summed E-state index contributed by atoms with van der Waals surface area (Å²) in [6.07, 6.45) is 4.24. The molecule has 2 aliphatic rings. The Hall–Kier alpha value is -3.20. The van der Waals surface area contributed by atoms with Crippen molar-refractivity contribution in [1.29, 1.82) is 0 Å². The molecule has 1 N–H and O–H groups in total. The summed E-state index contributed by atoms with van der Waals surface area (Å²) >= 11 is 6.27. The molecule has 0 unspecified atom stereocenters. The fraction of sp³-hybridized carbons (Fsp3) is 0.321. The molecule has 9 heteroatoms. The summed E-state index contributed by atoms with van der Waals surface area (Å²) in [5.41, 5.74) is 4.86. The van der Waals surface area contributed by atoms with Gasteiger partial charge in [-0.3, -0.25) is 0 Å². The van der Waals surface area contributed by atoms with Crippen LogP contribution >= 0.6 is 11.6 Å². The third-order valence-corrected chi connectivity index (χ3v) is 7.68. The highest BCUT2D eigenvalue weighted by Gasteiger charge is 2.52. The van der Waals surface area contributed by atoms with Crippen molar-refractivity contribution >= 4 is 30.9 Å². The lowest BCUT2D eigenvalue weighted by Crippen LogP contribution is -2.41. The number of benzene rings is 2. The molecule has 7 nitrogen and oxygen atoms in total. The van der Waals surface area contributed by atoms with E-state index in [2.05, 4.69) is 39.6 Å². The van der Waals surface area contributed by atoms with Crippen LogP contribution < -0.4 is 5.32 Å². The lowest BCUT2D eigenvalue weighted by Gasteiger charge is -2.32. The normalized spacial score (nSPS) is 17.9. The number of ether oxygens (including phenoxy) is 1. The molecule has 5 rings (SSSR count). The minimum Gasteiger partial charge on any atom is -0.449 e. The number of nitrogens with zero attached hydrogens (tertiary/aromatic N) is 2. The maximum Gasteiger partial charge on any atom is 0.492 e. The Labute approximate surface area is 222 Å². The largest absolute Gasteiger partial charge is 0.492 e. The molecule has 1 amide bonds. The molecule has 0 bridgehead atoms. The molecule has 1 aliphatic carbocycles. The van der Waals surface area contributed by atoms with E-state index in [-0.39, 0.29) is 19.1 Å². The predicted molar refractivity (Wildman–Crippen MR) is 144 cm³/mol. The minimum absolute atomic E-state index is 0.0171. The number of fused-ring (bicyclic) bond motifs is 3. The second-order valence-electron chi connectivity index (χ2n) is 10.3. The third-order valence-electron chi connectivity index (χ3n) is 7.37. The first-order chi connectivity index (χ1) is 17.7. The second-order valence-corrected chi connectivity index (χ2v) is 10.6. The Morgan fingerprint density at radius 1 is 1.05 bits per heavy atom. The van der Waals surface area contributed by atoms with Crippen molar-refractivity contribution in [3.8, 4) is 11.1 Å². The molecule has 2 heterocycles. The molecule has 190 valence electrons. The summed E-state index contributed by atoms with van der Waals surface area (Å²) in [6, 6.07) is 16.5. The Bertz CT molecular complexity index is 1300. The number of carbonyl (C=O) groups excluding carboxylic acids is 1. The van der Waals surface area contributed by atoms with E-state index in [4.69, 9.17) is 25.6 Å². The SMILES string of the molecule is CC1(C)OB(C(=Cc2cncnc2Cl)CNC(=O)OCC2c3ccccc3-c3ccccc32)OC1(C)C. The van der Waals surface area contributed by atoms with Crippen LogP contribution in [0, 0.1) is 0 Å². The van der Waals surface area contributed by atoms with E-state index in [9.17, 15) is 4.79 Å². The number of hydrogen-bond donors (Lipinski definition) is 1. The highest BCUT2D eigenvalue weighted by molar-refractivity contribution is 6.56. The highest BCUT2D eigenvalue weighted by atomic mass is 35.5. The van der Waals surface area contributed by atoms with Gasteiger partial charge in [0.1, 0.15) is 18.1 Å². The minimum atomic E-state index is -0.685. The van der Waals surface area contributed by atoms with E-state index in [0.717, 1.165) is 11.1 Å². The number of hydrogen-bond acceptors (Lipinski definition) is 6. The molecule has 1 aromatic heterocycles. The highest BCUT2D eigenvalue weighted by Crippen LogP contribution is 2.44. The zero-order valence-electron chi connectivity index (χ0n) is 21.3. The molecule has 0 radical (unpaired) electrons. The van der Waals surface area contributed by atoms with Crippen LogP contribution in [0.25, 0.3) is 17.2 Å². The van der Waals surface area contributed by atoms with Gasteiger partial charge in [-0.1, -0.05) is 66.2 Å². The van der Waals surface area contributed by atoms with Crippen molar-refractivity contribution in [2.45, 2.75) is 44.8 Å². The van der Waals surface area contributed by atoms with Crippen LogP contribution in [0.3, 0.4) is 0 Å². The van der Waals surface area contributed by atoms with Gasteiger partial charge >= 0.3 is 13.2 Å². The lowest BCUT2D eigenvalue weighted by molar-refractivity contribution is 0.00578. The zero-order chi connectivity index (χ0) is 26.2. The van der Waals surface area contributed by atoms with Crippen molar-refractivity contribution in [3.05, 3.63) is 88.4 Å². The standard InChI is InChI=1S/C28H29BClN3O4/c1-27(2)28(3,4)37-29(36-27)19(13-18-14-31-17-33-25(18)30)15-32-26(34)35-16-24-22-11-7-5-9-20(22)21-10-6-8-12-23(21)24/h5-14,17,24H,15-16H2,1-4H3,(H,32,34). The first-order valence-corrected chi connectivity index (χ1v) is 12.6. The van der Waals surface area contributed by atoms with E-state index < -0.39 is 24.4 Å². The molecule has 1 fully saturated rings. The maximum atomic E-state index is 12.8. The van der Waals surface area contributed by atoms with Crippen molar-refractivity contribution in [3.63, 3.8) is 0 Å². The Balaban J connectivity index is 1.30. The molecule has 1 saturated heterocycles. The average molecular weight is 518 g/mol. The number of rotatable bonds is 6. The summed E-state index contributed by atoms with van der Waals surface area (Å²) < 4.78 is 18.1. The van der Waals surface area contributed by atoms with E-state index >= 15 is 0 Å². The molecule has 0 atom stereocenters. The quantitative estimate of drug-likeness (QED) is 0.334. The number of aromatic nitrogens is 2. The van der Waals surface area contributed by atoms with Crippen molar-refractivity contribution in [1.82, 2.24) is 15.3 Å². The van der Waals surface area contributed by atoms with Gasteiger partial charge in [-0.15, -0.1) is 0 Å². The first-order valence-electron chi connectivity index (χ1n) is 12.3. The monoisotopic (exact) mass is 517 g/mol. The fourth-order valence-electron chi connectivity index (χ4n) is 4.64. The number of nitrogens with one attached hydrogen (secondary N) is 1. The van der Waals surface area contributed by atoms with E-state index in [0.29, 0.717) is 16.2 Å². The van der Waals surface area contributed by atoms with E-state index in [1.807, 2.05) is 52.0 Å². The zero-order valence-corrected chi connectivity index (χ0v) is 22.1. The molecule has 37 heavy (non-hydrogen) atoms. The van der Waals surface area contributed by atoms with Gasteiger partial charge in [0.2, 0.25) is 0 Å². The van der Waals surface area contributed by atoms with E-state index in [1.165, 1.54) is 17.5 Å². The van der Waals surface area contributed by atoms with Gasteiger partial charge in [0, 0.05) is 24.2 Å². The second kappa shape index (κ2) is 9.93. The van der Waals surface area contributed by atoms with E-state index in [1.54, 1.807) is 12.3 Å². The van der Waals surface area contributed by atoms with Crippen LogP contribution in [0.1, 0.15) is 50.3 Å². The number of alkyl carbamates (subject to hydrolysis) is 1. The molecule has 0 saturated carbocycles. The molecule has 3 aromatic rings. The van der Waals surface area contributed by atoms with Gasteiger partial charge in [0.25, 0.3) is 0 Å². The lowest BCUT2D eigenvalue weighted by atomic mass is 9.77. The first kappa shape index (κ1) is 25.5. The van der Waals surface area contributed by atoms with Gasteiger partial charge in [-0.25, -0.2) is 14.8 Å². The van der Waals surface area contributed by atoms with Crippen molar-refractivity contribution in [2.24, 2.45) is 0 Å². The third kappa shape index (κ3) is 5.01. The predicted octanol–water partition coefficient (Wildman–Crippen LogP) is 5.68. The topological polar surface area (TPSA) is 82.6 Å². The number of carbonyl (C=O) groups is 1. The molecular weight excluding hydrogens is 489 g/mol. The Morgan fingerprint density at radius 3 is 2.24 bits per heavy atom. The summed E-state index contributed by atoms with van der Waals surface area (Å²) in [5.74, 6) is -0.0171. The molecule has 0 spiro atoms. The van der Waals surface area contributed by atoms with Crippen LogP contribution in [0.2, 0.25) is 5.15 Å². The summed E-state index contributed by atoms with van der Waals surface area (Å²) in [6.45, 7) is 8.27. The van der Waals surface area contributed by atoms with Crippen LogP contribution in [-0.2, 0) is 14.0 Å². The van der Waals surface area contributed by atoms with Crippen molar-refractivity contribution < 1.29 is 18.8 Å². The van der Waals surface area contributed by atoms with Crippen LogP contribution in [-0.4, -0.2) is 47.5 Å². The van der Waals surface area contributed by atoms with Crippen molar-refractivity contribution in [2.75, 3.05) is 13.2 Å². The van der Waals surface area contributed by atoms with Crippen LogP contribution in [0.4, 0.5) is 4.79 Å². The van der Waals surface area contributed by atoms with Gasteiger partial charge in [0.15, 0.2) is 0 Å². The smallest absolute Gasteiger partial charge is 0.449 e. The van der Waals surface area contributed by atoms with Gasteiger partial charge in [0.05, 0.1) is 11.2 Å². The summed E-state index contributed by atoms with van der Waals surface area (Å²) in [7, 11) is -0.685. The molecule has 1 aliphatic heterocycles. The Kier molecular flexibility index (Phi) is 6.83. The number of halogens is 1. The summed E-state index contributed by atoms with van der Waals surface area (Å²) in [4.78, 5) is 20.9. The van der Waals surface area contributed by atoms with Crippen LogP contribution in [0.5, 0.6) is 0 Å². The van der Waals surface area contributed by atoms with Gasteiger partial charge in [-0.05, 0) is 55.4 Å².